The lowest BCUT2D eigenvalue weighted by atomic mass is 9.95. The van der Waals surface area contributed by atoms with Crippen molar-refractivity contribution in [2.75, 3.05) is 0 Å². The molecule has 1 aliphatic rings. The quantitative estimate of drug-likeness (QED) is 0.853. The molecule has 1 aliphatic carbocycles. The zero-order valence-corrected chi connectivity index (χ0v) is 12.6. The minimum absolute atomic E-state index is 0.181. The first-order valence-electron chi connectivity index (χ1n) is 8.02. The first-order chi connectivity index (χ1) is 10.2. The molecule has 3 rings (SSSR count). The lowest BCUT2D eigenvalue weighted by Gasteiger charge is -2.17. The second kappa shape index (κ2) is 5.88. The van der Waals surface area contributed by atoms with Gasteiger partial charge in [0.2, 0.25) is 5.52 Å². The van der Waals surface area contributed by atoms with Gasteiger partial charge in [-0.25, -0.2) is 0 Å². The third-order valence-corrected chi connectivity index (χ3v) is 4.51. The summed E-state index contributed by atoms with van der Waals surface area (Å²) in [5.41, 5.74) is 0.890. The van der Waals surface area contributed by atoms with Crippen molar-refractivity contribution in [3.05, 3.63) is 24.3 Å². The molecule has 0 aliphatic heterocycles. The molecule has 1 saturated carbocycles. The molecule has 0 bridgehead atoms. The second-order valence-corrected chi connectivity index (χ2v) is 5.95. The van der Waals surface area contributed by atoms with Gasteiger partial charge in [-0.2, -0.15) is 0 Å². The van der Waals surface area contributed by atoms with Gasteiger partial charge in [-0.1, -0.05) is 34.6 Å². The van der Waals surface area contributed by atoms with Gasteiger partial charge in [-0.05, 0) is 18.9 Å². The van der Waals surface area contributed by atoms with Crippen LogP contribution in [0.1, 0.15) is 51.5 Å². The molecule has 2 N–H and O–H groups in total. The molecule has 1 fully saturated rings. The predicted molar refractivity (Wildman–Crippen MR) is 80.1 cm³/mol. The van der Waals surface area contributed by atoms with Gasteiger partial charge in [0.25, 0.3) is 0 Å². The van der Waals surface area contributed by atoms with Crippen LogP contribution in [0.2, 0.25) is 0 Å². The SMILES string of the molecule is CCC[n+]1c(O)[n+](C2CCCCC2)c(O)c2ccccc21. The maximum atomic E-state index is 10.7. The van der Waals surface area contributed by atoms with Gasteiger partial charge in [0, 0.05) is 25.3 Å². The number of benzene rings is 1. The number of aryl methyl sites for hydroxylation is 1. The Kier molecular flexibility index (Phi) is 3.95. The van der Waals surface area contributed by atoms with Crippen molar-refractivity contribution in [2.24, 2.45) is 0 Å². The van der Waals surface area contributed by atoms with Crippen molar-refractivity contribution in [1.82, 2.24) is 0 Å². The first-order valence-corrected chi connectivity index (χ1v) is 8.02. The molecule has 4 nitrogen and oxygen atoms in total. The van der Waals surface area contributed by atoms with Crippen LogP contribution in [0.3, 0.4) is 0 Å². The molecule has 1 aromatic carbocycles. The molecule has 1 heterocycles. The highest BCUT2D eigenvalue weighted by molar-refractivity contribution is 5.79. The van der Waals surface area contributed by atoms with Crippen molar-refractivity contribution in [2.45, 2.75) is 58.0 Å². The monoisotopic (exact) mass is 288 g/mol. The Labute approximate surface area is 125 Å². The molecule has 0 spiro atoms. The van der Waals surface area contributed by atoms with E-state index >= 15 is 0 Å². The van der Waals surface area contributed by atoms with Gasteiger partial charge >= 0.3 is 11.9 Å². The van der Waals surface area contributed by atoms with E-state index in [2.05, 4.69) is 6.92 Å². The number of nitrogens with zero attached hydrogens (tertiary/aromatic N) is 2. The number of hydrogen-bond donors (Lipinski definition) is 2. The van der Waals surface area contributed by atoms with Gasteiger partial charge < -0.3 is 10.2 Å². The highest BCUT2D eigenvalue weighted by Crippen LogP contribution is 2.29. The highest BCUT2D eigenvalue weighted by Gasteiger charge is 2.38. The van der Waals surface area contributed by atoms with Gasteiger partial charge in [0.05, 0.1) is 0 Å². The average molecular weight is 288 g/mol. The highest BCUT2D eigenvalue weighted by atomic mass is 16.3. The van der Waals surface area contributed by atoms with Gasteiger partial charge in [0.1, 0.15) is 0 Å². The smallest absolute Gasteiger partial charge is 0.459 e. The van der Waals surface area contributed by atoms with E-state index in [0.29, 0.717) is 0 Å². The molecule has 2 aromatic rings. The van der Waals surface area contributed by atoms with E-state index in [1.165, 1.54) is 6.42 Å². The van der Waals surface area contributed by atoms with Crippen molar-refractivity contribution < 1.29 is 19.3 Å². The van der Waals surface area contributed by atoms with E-state index in [4.69, 9.17) is 0 Å². The van der Waals surface area contributed by atoms with Gasteiger partial charge in [-0.15, -0.1) is 0 Å². The Morgan fingerprint density at radius 3 is 2.52 bits per heavy atom. The minimum Gasteiger partial charge on any atom is -0.459 e. The van der Waals surface area contributed by atoms with Crippen LogP contribution < -0.4 is 9.13 Å². The number of aromatic nitrogens is 2. The van der Waals surface area contributed by atoms with Crippen molar-refractivity contribution in [1.29, 1.82) is 0 Å². The van der Waals surface area contributed by atoms with Crippen LogP contribution in [0.5, 0.6) is 11.9 Å². The normalized spacial score (nSPS) is 16.4. The van der Waals surface area contributed by atoms with Crippen LogP contribution in [-0.2, 0) is 6.54 Å². The maximum Gasteiger partial charge on any atom is 0.632 e. The third kappa shape index (κ3) is 2.43. The molecule has 1 aromatic heterocycles. The summed E-state index contributed by atoms with van der Waals surface area (Å²) in [6, 6.07) is 8.14. The Balaban J connectivity index is 2.23. The summed E-state index contributed by atoms with van der Waals surface area (Å²) in [6.07, 6.45) is 6.57. The largest absolute Gasteiger partial charge is 0.632 e. The maximum absolute atomic E-state index is 10.7. The molecule has 4 heteroatoms. The van der Waals surface area contributed by atoms with E-state index in [0.717, 1.165) is 49.6 Å². The van der Waals surface area contributed by atoms with Gasteiger partial charge in [0.15, 0.2) is 18.0 Å². The molecule has 112 valence electrons. The number of para-hydroxylation sites is 1. The predicted octanol–water partition coefficient (Wildman–Crippen LogP) is 2.74. The van der Waals surface area contributed by atoms with Gasteiger partial charge in [-0.3, -0.25) is 0 Å². The molecule has 21 heavy (non-hydrogen) atoms. The summed E-state index contributed by atoms with van der Waals surface area (Å²) >= 11 is 0. The number of rotatable bonds is 3. The minimum atomic E-state index is 0.181. The van der Waals surface area contributed by atoms with Crippen LogP contribution in [0, 0.1) is 0 Å². The summed E-state index contributed by atoms with van der Waals surface area (Å²) in [6.45, 7) is 2.85. The molecule has 0 saturated heterocycles. The topological polar surface area (TPSA) is 48.2 Å². The molecular formula is C17H24N2O2+2. The Morgan fingerprint density at radius 1 is 1.10 bits per heavy atom. The van der Waals surface area contributed by atoms with E-state index in [1.54, 1.807) is 4.57 Å². The summed E-state index contributed by atoms with van der Waals surface area (Å²) < 4.78 is 3.67. The third-order valence-electron chi connectivity index (χ3n) is 4.51. The van der Waals surface area contributed by atoms with Crippen LogP contribution >= 0.6 is 0 Å². The molecule has 0 atom stereocenters. The van der Waals surface area contributed by atoms with Crippen molar-refractivity contribution >= 4 is 10.9 Å². The second-order valence-electron chi connectivity index (χ2n) is 5.95. The molecule has 0 radical (unpaired) electrons. The Bertz CT molecular complexity index is 649. The zero-order valence-electron chi connectivity index (χ0n) is 12.6. The van der Waals surface area contributed by atoms with Crippen molar-refractivity contribution in [3.63, 3.8) is 0 Å². The number of fused-ring (bicyclic) bond motifs is 1. The molecule has 0 amide bonds. The van der Waals surface area contributed by atoms with E-state index in [-0.39, 0.29) is 17.9 Å². The first kappa shape index (κ1) is 14.1. The summed E-state index contributed by atoms with van der Waals surface area (Å²) in [5.74, 6) is 0.197. The van der Waals surface area contributed by atoms with Crippen LogP contribution in [-0.4, -0.2) is 10.2 Å². The molecule has 0 unspecified atom stereocenters. The van der Waals surface area contributed by atoms with E-state index < -0.39 is 0 Å². The summed E-state index contributed by atoms with van der Waals surface area (Å²) in [5, 5.41) is 22.2. The fourth-order valence-corrected chi connectivity index (χ4v) is 3.48. The van der Waals surface area contributed by atoms with Crippen LogP contribution in [0.15, 0.2) is 24.3 Å². The Hall–Kier alpha value is -1.84. The number of aromatic hydroxyl groups is 2. The summed E-state index contributed by atoms with van der Waals surface area (Å²) in [7, 11) is 0. The van der Waals surface area contributed by atoms with Crippen molar-refractivity contribution in [3.8, 4) is 11.9 Å². The lowest BCUT2D eigenvalue weighted by Crippen LogP contribution is -2.51. The fourth-order valence-electron chi connectivity index (χ4n) is 3.48. The standard InChI is InChI=1S/C17H22N2O2/c1-2-12-18-15-11-7-6-10-14(15)16(20)19(17(18)21)13-8-4-3-5-9-13/h6-7,10-11,13H,2-5,8-9,12H2,1H3/p+2. The number of hydrogen-bond acceptors (Lipinski definition) is 2. The average Bonchev–Trinajstić information content (AvgIpc) is 2.53. The van der Waals surface area contributed by atoms with Crippen LogP contribution in [0.4, 0.5) is 0 Å². The zero-order chi connectivity index (χ0) is 14.8. The lowest BCUT2D eigenvalue weighted by molar-refractivity contribution is -0.834. The van der Waals surface area contributed by atoms with E-state index in [1.807, 2.05) is 28.8 Å². The molecular weight excluding hydrogens is 264 g/mol. The van der Waals surface area contributed by atoms with Crippen LogP contribution in [0.25, 0.3) is 10.9 Å². The van der Waals surface area contributed by atoms with E-state index in [9.17, 15) is 10.2 Å². The Morgan fingerprint density at radius 2 is 1.81 bits per heavy atom. The summed E-state index contributed by atoms with van der Waals surface area (Å²) in [4.78, 5) is 0. The fraction of sp³-hybridized carbons (Fsp3) is 0.529.